The average molecular weight is 422 g/mol. The Morgan fingerprint density at radius 2 is 1.78 bits per heavy atom. The number of hydrogen-bond donors (Lipinski definition) is 0. The summed E-state index contributed by atoms with van der Waals surface area (Å²) in [6, 6.07) is 11.9. The molecule has 0 spiro atoms. The van der Waals surface area contributed by atoms with Crippen LogP contribution in [0.2, 0.25) is 0 Å². The Hall–Kier alpha value is -2.35. The maximum Gasteiger partial charge on any atom is 0.308 e. The van der Waals surface area contributed by atoms with Crippen LogP contribution < -0.4 is 14.9 Å². The number of halogens is 1. The van der Waals surface area contributed by atoms with Crippen LogP contribution in [0.4, 0.5) is 0 Å². The summed E-state index contributed by atoms with van der Waals surface area (Å²) in [7, 11) is 0. The molecule has 0 amide bonds. The van der Waals surface area contributed by atoms with E-state index >= 15 is 0 Å². The highest BCUT2D eigenvalue weighted by molar-refractivity contribution is 14.1. The predicted molar refractivity (Wildman–Crippen MR) is 93.0 cm³/mol. The van der Waals surface area contributed by atoms with Crippen LogP contribution in [0.5, 0.6) is 17.2 Å². The minimum atomic E-state index is -0.439. The zero-order valence-corrected chi connectivity index (χ0v) is 14.2. The van der Waals surface area contributed by atoms with E-state index in [0.29, 0.717) is 22.5 Å². The number of hydrogen-bond acceptors (Lipinski definition) is 5. The summed E-state index contributed by atoms with van der Waals surface area (Å²) < 4.78 is 17.0. The molecular formula is C17H11IO5. The second-order valence-electron chi connectivity index (χ2n) is 4.74. The van der Waals surface area contributed by atoms with Crippen LogP contribution >= 0.6 is 22.6 Å². The molecule has 23 heavy (non-hydrogen) atoms. The van der Waals surface area contributed by atoms with Crippen LogP contribution in [0.15, 0.2) is 57.9 Å². The SMILES string of the molecule is CC(=O)Oc1ccc2c(=O)c(Oc3ccc(I)cc3)coc2c1. The third-order valence-corrected chi connectivity index (χ3v) is 3.74. The molecule has 2 aromatic carbocycles. The maximum atomic E-state index is 12.4. The lowest BCUT2D eigenvalue weighted by Crippen LogP contribution is -2.06. The third kappa shape index (κ3) is 3.53. The quantitative estimate of drug-likeness (QED) is 0.361. The monoisotopic (exact) mass is 422 g/mol. The van der Waals surface area contributed by atoms with Crippen LogP contribution in [-0.4, -0.2) is 5.97 Å². The van der Waals surface area contributed by atoms with Gasteiger partial charge in [-0.25, -0.2) is 0 Å². The number of carbonyl (C=O) groups excluding carboxylic acids is 1. The van der Waals surface area contributed by atoms with Crippen LogP contribution in [0, 0.1) is 3.57 Å². The van der Waals surface area contributed by atoms with E-state index in [2.05, 4.69) is 22.6 Å². The van der Waals surface area contributed by atoms with Crippen molar-refractivity contribution in [2.24, 2.45) is 0 Å². The van der Waals surface area contributed by atoms with Crippen molar-refractivity contribution in [3.63, 3.8) is 0 Å². The summed E-state index contributed by atoms with van der Waals surface area (Å²) in [5.41, 5.74) is 0.0304. The number of ether oxygens (including phenoxy) is 2. The van der Waals surface area contributed by atoms with Crippen molar-refractivity contribution in [1.82, 2.24) is 0 Å². The van der Waals surface area contributed by atoms with E-state index in [-0.39, 0.29) is 11.2 Å². The van der Waals surface area contributed by atoms with Gasteiger partial charge in [-0.05, 0) is 59.0 Å². The van der Waals surface area contributed by atoms with Gasteiger partial charge in [0.1, 0.15) is 23.3 Å². The van der Waals surface area contributed by atoms with Gasteiger partial charge in [0, 0.05) is 16.6 Å². The zero-order chi connectivity index (χ0) is 16.4. The highest BCUT2D eigenvalue weighted by Gasteiger charge is 2.11. The molecule has 1 heterocycles. The largest absolute Gasteiger partial charge is 0.460 e. The lowest BCUT2D eigenvalue weighted by Gasteiger charge is -2.06. The van der Waals surface area contributed by atoms with Crippen molar-refractivity contribution in [3.05, 3.63) is 62.5 Å². The molecule has 116 valence electrons. The first kappa shape index (κ1) is 15.5. The van der Waals surface area contributed by atoms with Gasteiger partial charge in [0.05, 0.1) is 5.39 Å². The second-order valence-corrected chi connectivity index (χ2v) is 5.98. The molecule has 3 rings (SSSR count). The molecule has 0 aliphatic rings. The number of rotatable bonds is 3. The fraction of sp³-hybridized carbons (Fsp3) is 0.0588. The minimum absolute atomic E-state index is 0.0962. The summed E-state index contributed by atoms with van der Waals surface area (Å²) >= 11 is 2.19. The fourth-order valence-electron chi connectivity index (χ4n) is 2.02. The lowest BCUT2D eigenvalue weighted by molar-refractivity contribution is -0.131. The number of fused-ring (bicyclic) bond motifs is 1. The Balaban J connectivity index is 1.97. The molecule has 0 unspecified atom stereocenters. The van der Waals surface area contributed by atoms with Crippen LogP contribution in [0.25, 0.3) is 11.0 Å². The van der Waals surface area contributed by atoms with Gasteiger partial charge in [0.15, 0.2) is 0 Å². The van der Waals surface area contributed by atoms with E-state index in [1.54, 1.807) is 18.2 Å². The highest BCUT2D eigenvalue weighted by Crippen LogP contribution is 2.24. The normalized spacial score (nSPS) is 10.5. The maximum absolute atomic E-state index is 12.4. The van der Waals surface area contributed by atoms with Gasteiger partial charge in [0.25, 0.3) is 0 Å². The first-order valence-corrected chi connectivity index (χ1v) is 7.78. The Morgan fingerprint density at radius 1 is 1.09 bits per heavy atom. The molecule has 0 saturated heterocycles. The molecule has 0 aliphatic carbocycles. The van der Waals surface area contributed by atoms with E-state index in [9.17, 15) is 9.59 Å². The molecule has 0 N–H and O–H groups in total. The van der Waals surface area contributed by atoms with Crippen molar-refractivity contribution in [2.75, 3.05) is 0 Å². The highest BCUT2D eigenvalue weighted by atomic mass is 127. The molecule has 0 atom stereocenters. The average Bonchev–Trinajstić information content (AvgIpc) is 2.51. The molecule has 0 fully saturated rings. The van der Waals surface area contributed by atoms with E-state index in [1.165, 1.54) is 25.3 Å². The van der Waals surface area contributed by atoms with E-state index in [1.807, 2.05) is 12.1 Å². The molecular weight excluding hydrogens is 411 g/mol. The second kappa shape index (κ2) is 6.41. The molecule has 5 nitrogen and oxygen atoms in total. The molecule has 0 aliphatic heterocycles. The molecule has 3 aromatic rings. The van der Waals surface area contributed by atoms with Gasteiger partial charge in [-0.2, -0.15) is 0 Å². The number of carbonyl (C=O) groups is 1. The molecule has 0 bridgehead atoms. The summed E-state index contributed by atoms with van der Waals surface area (Å²) in [5.74, 6) is 0.525. The summed E-state index contributed by atoms with van der Waals surface area (Å²) in [5, 5.41) is 0.351. The van der Waals surface area contributed by atoms with E-state index in [4.69, 9.17) is 13.9 Å². The fourth-order valence-corrected chi connectivity index (χ4v) is 2.38. The molecule has 0 radical (unpaired) electrons. The van der Waals surface area contributed by atoms with Gasteiger partial charge in [-0.1, -0.05) is 0 Å². The number of benzene rings is 2. The molecule has 1 aromatic heterocycles. The third-order valence-electron chi connectivity index (χ3n) is 3.02. The van der Waals surface area contributed by atoms with Crippen LogP contribution in [0.3, 0.4) is 0 Å². The van der Waals surface area contributed by atoms with Crippen molar-refractivity contribution < 1.29 is 18.7 Å². The predicted octanol–water partition coefficient (Wildman–Crippen LogP) is 4.12. The number of esters is 1. The molecule has 0 saturated carbocycles. The van der Waals surface area contributed by atoms with Gasteiger partial charge in [0.2, 0.25) is 11.2 Å². The van der Waals surface area contributed by atoms with Crippen LogP contribution in [-0.2, 0) is 4.79 Å². The van der Waals surface area contributed by atoms with Gasteiger partial charge in [-0.3, -0.25) is 9.59 Å². The lowest BCUT2D eigenvalue weighted by atomic mass is 10.2. The first-order valence-electron chi connectivity index (χ1n) is 6.70. The van der Waals surface area contributed by atoms with Crippen molar-refractivity contribution in [2.45, 2.75) is 6.92 Å². The first-order chi connectivity index (χ1) is 11.0. The zero-order valence-electron chi connectivity index (χ0n) is 12.0. The van der Waals surface area contributed by atoms with Crippen LogP contribution in [0.1, 0.15) is 6.92 Å². The van der Waals surface area contributed by atoms with Crippen molar-refractivity contribution in [1.29, 1.82) is 0 Å². The topological polar surface area (TPSA) is 65.7 Å². The van der Waals surface area contributed by atoms with Gasteiger partial charge in [-0.15, -0.1) is 0 Å². The Bertz CT molecular complexity index is 928. The van der Waals surface area contributed by atoms with E-state index in [0.717, 1.165) is 3.57 Å². The minimum Gasteiger partial charge on any atom is -0.460 e. The summed E-state index contributed by atoms with van der Waals surface area (Å²) in [6.07, 6.45) is 1.25. The van der Waals surface area contributed by atoms with E-state index < -0.39 is 5.97 Å². The summed E-state index contributed by atoms with van der Waals surface area (Å²) in [6.45, 7) is 1.30. The van der Waals surface area contributed by atoms with Gasteiger partial charge < -0.3 is 13.9 Å². The summed E-state index contributed by atoms with van der Waals surface area (Å²) in [4.78, 5) is 23.4. The Kier molecular flexibility index (Phi) is 4.33. The van der Waals surface area contributed by atoms with Crippen molar-refractivity contribution >= 4 is 39.5 Å². The smallest absolute Gasteiger partial charge is 0.308 e. The van der Waals surface area contributed by atoms with Gasteiger partial charge >= 0.3 is 5.97 Å². The molecule has 6 heteroatoms. The Morgan fingerprint density at radius 3 is 2.48 bits per heavy atom. The standard InChI is InChI=1S/C17H11IO5/c1-10(19)22-13-6-7-14-15(8-13)21-9-16(17(14)20)23-12-4-2-11(18)3-5-12/h2-9H,1H3. The Labute approximate surface area is 145 Å². The van der Waals surface area contributed by atoms with Crippen molar-refractivity contribution in [3.8, 4) is 17.2 Å².